The van der Waals surface area contributed by atoms with Gasteiger partial charge in [0, 0.05) is 24.0 Å². The van der Waals surface area contributed by atoms with Crippen LogP contribution in [0.3, 0.4) is 0 Å². The zero-order chi connectivity index (χ0) is 21.6. The minimum atomic E-state index is -4.40. The van der Waals surface area contributed by atoms with Gasteiger partial charge in [-0.1, -0.05) is 0 Å². The lowest BCUT2D eigenvalue weighted by Crippen LogP contribution is -2.39. The normalized spacial score (nSPS) is 17.5. The van der Waals surface area contributed by atoms with Crippen molar-refractivity contribution in [1.29, 1.82) is 0 Å². The highest BCUT2D eigenvalue weighted by Gasteiger charge is 2.32. The van der Waals surface area contributed by atoms with Crippen LogP contribution < -0.4 is 17.0 Å². The summed E-state index contributed by atoms with van der Waals surface area (Å²) < 4.78 is 40.9. The van der Waals surface area contributed by atoms with Gasteiger partial charge in [0.05, 0.1) is 31.2 Å². The maximum atomic E-state index is 13.1. The Bertz CT molecular complexity index is 1160. The van der Waals surface area contributed by atoms with Crippen molar-refractivity contribution >= 4 is 33.9 Å². The van der Waals surface area contributed by atoms with E-state index in [0.29, 0.717) is 54.2 Å². The minimum absolute atomic E-state index is 0.231. The van der Waals surface area contributed by atoms with Crippen LogP contribution >= 0.6 is 11.3 Å². The molecule has 0 amide bonds. The van der Waals surface area contributed by atoms with E-state index in [2.05, 4.69) is 9.98 Å². The number of hydrogen-bond acceptors (Lipinski definition) is 6. The van der Waals surface area contributed by atoms with Crippen LogP contribution in [-0.2, 0) is 13.1 Å². The number of aryl methyl sites for hydroxylation is 2. The Balaban J connectivity index is 1.82. The van der Waals surface area contributed by atoms with E-state index in [1.54, 1.807) is 6.92 Å². The SMILES string of the molecule is Cc1c(CN2CCN=C2N=CN)sc2c1c(=O)n(C1CC1)c(=O)n2CCC(F)(F)F. The van der Waals surface area contributed by atoms with Crippen LogP contribution in [0.25, 0.3) is 10.2 Å². The van der Waals surface area contributed by atoms with Crippen molar-refractivity contribution < 1.29 is 13.2 Å². The molecule has 2 aromatic rings. The van der Waals surface area contributed by atoms with Crippen molar-refractivity contribution in [2.75, 3.05) is 13.1 Å². The summed E-state index contributed by atoms with van der Waals surface area (Å²) in [7, 11) is 0. The zero-order valence-corrected chi connectivity index (χ0v) is 17.1. The van der Waals surface area contributed by atoms with Crippen LogP contribution in [0.1, 0.15) is 35.7 Å². The molecule has 2 aromatic heterocycles. The molecule has 8 nitrogen and oxygen atoms in total. The summed E-state index contributed by atoms with van der Waals surface area (Å²) in [6.07, 6.45) is -3.02. The molecule has 2 N–H and O–H groups in total. The summed E-state index contributed by atoms with van der Waals surface area (Å²) in [5.74, 6) is 0.471. The Morgan fingerprint density at radius 1 is 1.33 bits per heavy atom. The molecule has 1 aliphatic carbocycles. The number of rotatable bonds is 5. The molecular weight excluding hydrogens is 421 g/mol. The van der Waals surface area contributed by atoms with Crippen molar-refractivity contribution in [2.45, 2.75) is 51.5 Å². The number of nitrogens with zero attached hydrogens (tertiary/aromatic N) is 5. The van der Waals surface area contributed by atoms with E-state index in [9.17, 15) is 22.8 Å². The summed E-state index contributed by atoms with van der Waals surface area (Å²) in [5, 5.41) is 0.323. The van der Waals surface area contributed by atoms with Crippen molar-refractivity contribution in [3.05, 3.63) is 31.3 Å². The average molecular weight is 442 g/mol. The molecule has 0 atom stereocenters. The van der Waals surface area contributed by atoms with Crippen molar-refractivity contribution in [3.63, 3.8) is 0 Å². The molecule has 1 saturated carbocycles. The Labute approximate surface area is 173 Å². The Morgan fingerprint density at radius 3 is 2.70 bits per heavy atom. The number of fused-ring (bicyclic) bond motifs is 1. The topological polar surface area (TPSA) is 98.0 Å². The smallest absolute Gasteiger partial charge is 0.390 e. The lowest BCUT2D eigenvalue weighted by Gasteiger charge is -2.16. The molecule has 1 fully saturated rings. The van der Waals surface area contributed by atoms with E-state index < -0.39 is 30.4 Å². The predicted octanol–water partition coefficient (Wildman–Crippen LogP) is 1.98. The highest BCUT2D eigenvalue weighted by atomic mass is 32.1. The highest BCUT2D eigenvalue weighted by Crippen LogP contribution is 2.35. The van der Waals surface area contributed by atoms with Gasteiger partial charge >= 0.3 is 11.9 Å². The Morgan fingerprint density at radius 2 is 2.07 bits per heavy atom. The third kappa shape index (κ3) is 3.75. The summed E-state index contributed by atoms with van der Waals surface area (Å²) >= 11 is 1.18. The summed E-state index contributed by atoms with van der Waals surface area (Å²) in [6.45, 7) is 2.82. The molecule has 0 bridgehead atoms. The first-order chi connectivity index (χ1) is 14.2. The largest absolute Gasteiger partial charge is 0.390 e. The van der Waals surface area contributed by atoms with E-state index in [1.165, 1.54) is 11.3 Å². The van der Waals surface area contributed by atoms with Crippen LogP contribution in [0.5, 0.6) is 0 Å². The first kappa shape index (κ1) is 20.6. The van der Waals surface area contributed by atoms with Gasteiger partial charge in [-0.25, -0.2) is 14.8 Å². The maximum absolute atomic E-state index is 13.1. The Kier molecular flexibility index (Phi) is 5.20. The number of aliphatic imine (C=N–C) groups is 2. The van der Waals surface area contributed by atoms with Crippen LogP contribution in [0.4, 0.5) is 13.2 Å². The van der Waals surface area contributed by atoms with E-state index in [4.69, 9.17) is 5.73 Å². The Hall–Kier alpha value is -2.63. The zero-order valence-electron chi connectivity index (χ0n) is 16.3. The van der Waals surface area contributed by atoms with Crippen LogP contribution in [-0.4, -0.2) is 45.6 Å². The summed E-state index contributed by atoms with van der Waals surface area (Å²) in [6, 6.07) is -0.231. The van der Waals surface area contributed by atoms with Crippen LogP contribution in [0.15, 0.2) is 19.6 Å². The van der Waals surface area contributed by atoms with Gasteiger partial charge in [0.2, 0.25) is 5.96 Å². The molecule has 4 rings (SSSR count). The molecule has 0 aromatic carbocycles. The number of hydrogen-bond donors (Lipinski definition) is 1. The fourth-order valence-corrected chi connectivity index (χ4v) is 4.97. The molecule has 1 aliphatic heterocycles. The van der Waals surface area contributed by atoms with Gasteiger partial charge in [-0.15, -0.1) is 11.3 Å². The van der Waals surface area contributed by atoms with Gasteiger partial charge in [-0.3, -0.25) is 13.9 Å². The highest BCUT2D eigenvalue weighted by molar-refractivity contribution is 7.18. The molecule has 0 radical (unpaired) electrons. The van der Waals surface area contributed by atoms with Crippen molar-refractivity contribution in [3.8, 4) is 0 Å². The molecule has 0 saturated heterocycles. The van der Waals surface area contributed by atoms with E-state index >= 15 is 0 Å². The van der Waals surface area contributed by atoms with Gasteiger partial charge in [-0.2, -0.15) is 13.2 Å². The number of thiophene rings is 1. The lowest BCUT2D eigenvalue weighted by molar-refractivity contribution is -0.136. The fraction of sp³-hybridized carbons (Fsp3) is 0.556. The summed E-state index contributed by atoms with van der Waals surface area (Å²) in [5.41, 5.74) is 4.96. The van der Waals surface area contributed by atoms with E-state index in [0.717, 1.165) is 20.3 Å². The maximum Gasteiger partial charge on any atom is 0.390 e. The fourth-order valence-electron chi connectivity index (χ4n) is 3.63. The number of halogens is 3. The van der Waals surface area contributed by atoms with Gasteiger partial charge in [0.25, 0.3) is 5.56 Å². The van der Waals surface area contributed by atoms with E-state index in [-0.39, 0.29) is 6.04 Å². The third-order valence-electron chi connectivity index (χ3n) is 5.30. The second kappa shape index (κ2) is 7.56. The van der Waals surface area contributed by atoms with Crippen LogP contribution in [0.2, 0.25) is 0 Å². The molecule has 3 heterocycles. The van der Waals surface area contributed by atoms with Crippen LogP contribution in [0, 0.1) is 6.92 Å². The number of aromatic nitrogens is 2. The summed E-state index contributed by atoms with van der Waals surface area (Å²) in [4.78, 5) is 37.2. The number of nitrogens with two attached hydrogens (primary N) is 1. The molecule has 0 spiro atoms. The molecule has 2 aliphatic rings. The average Bonchev–Trinajstić information content (AvgIpc) is 3.31. The second-order valence-corrected chi connectivity index (χ2v) is 8.50. The molecule has 0 unspecified atom stereocenters. The number of alkyl halides is 3. The first-order valence-corrected chi connectivity index (χ1v) is 10.4. The minimum Gasteiger partial charge on any atom is -0.390 e. The van der Waals surface area contributed by atoms with Gasteiger partial charge < -0.3 is 10.6 Å². The molecule has 162 valence electrons. The molecule has 12 heteroatoms. The third-order valence-corrected chi connectivity index (χ3v) is 6.60. The standard InChI is InChI=1S/C18H21F3N6O2S/c1-10-12(8-25-7-5-23-16(25)24-9-22)30-15-13(10)14(28)27(11-2-3-11)17(29)26(15)6-4-18(19,20)21/h9,11H,2-8H2,1H3,(H2,22,23,24). The first-order valence-electron chi connectivity index (χ1n) is 9.59. The predicted molar refractivity (Wildman–Crippen MR) is 109 cm³/mol. The van der Waals surface area contributed by atoms with Gasteiger partial charge in [0.15, 0.2) is 0 Å². The number of guanidine groups is 1. The van der Waals surface area contributed by atoms with Crippen molar-refractivity contribution in [1.82, 2.24) is 14.0 Å². The van der Waals surface area contributed by atoms with Gasteiger partial charge in [0.1, 0.15) is 4.83 Å². The quantitative estimate of drug-likeness (QED) is 0.566. The molecule has 30 heavy (non-hydrogen) atoms. The lowest BCUT2D eigenvalue weighted by atomic mass is 10.2. The molecular formula is C18H21F3N6O2S. The monoisotopic (exact) mass is 442 g/mol. The van der Waals surface area contributed by atoms with Crippen molar-refractivity contribution in [2.24, 2.45) is 15.7 Å². The van der Waals surface area contributed by atoms with E-state index in [1.807, 2.05) is 4.90 Å². The van der Waals surface area contributed by atoms with Gasteiger partial charge in [-0.05, 0) is 25.3 Å². The second-order valence-electron chi connectivity index (χ2n) is 7.42.